The van der Waals surface area contributed by atoms with Gasteiger partial charge < -0.3 is 14.0 Å². The zero-order valence-electron chi connectivity index (χ0n) is 14.2. The van der Waals surface area contributed by atoms with E-state index in [0.717, 1.165) is 17.9 Å². The molecule has 0 bridgehead atoms. The van der Waals surface area contributed by atoms with Crippen LogP contribution in [-0.2, 0) is 11.3 Å². The molecule has 128 valence electrons. The van der Waals surface area contributed by atoms with Gasteiger partial charge in [-0.2, -0.15) is 0 Å². The van der Waals surface area contributed by atoms with Crippen LogP contribution in [0.4, 0.5) is 0 Å². The van der Waals surface area contributed by atoms with E-state index in [-0.39, 0.29) is 18.0 Å². The molecule has 0 saturated carbocycles. The predicted octanol–water partition coefficient (Wildman–Crippen LogP) is 3.83. The van der Waals surface area contributed by atoms with Crippen molar-refractivity contribution in [2.75, 3.05) is 13.7 Å². The Bertz CT molecular complexity index is 780. The number of Topliss-reactive ketones (excluding diaryl/α,β-unsaturated/α-hetero) is 1. The third kappa shape index (κ3) is 3.62. The maximum Gasteiger partial charge on any atom is 0.342 e. The summed E-state index contributed by atoms with van der Waals surface area (Å²) < 4.78 is 12.3. The number of hydrogen-bond donors (Lipinski definition) is 0. The molecule has 0 saturated heterocycles. The van der Waals surface area contributed by atoms with Crippen LogP contribution in [-0.4, -0.2) is 30.0 Å². The standard InChI is InChI=1S/C18H20ClNO4/c1-5-20-11(2)8-14(12(20)3)16(21)10-24-18(22)15-9-13(19)6-7-17(15)23-4/h6-9H,5,10H2,1-4H3. The van der Waals surface area contributed by atoms with Gasteiger partial charge in [-0.1, -0.05) is 11.6 Å². The van der Waals surface area contributed by atoms with Crippen molar-refractivity contribution in [2.24, 2.45) is 0 Å². The lowest BCUT2D eigenvalue weighted by Gasteiger charge is -2.09. The molecule has 5 nitrogen and oxygen atoms in total. The molecule has 2 rings (SSSR count). The fourth-order valence-electron chi connectivity index (χ4n) is 2.70. The number of ether oxygens (including phenoxy) is 2. The fourth-order valence-corrected chi connectivity index (χ4v) is 2.87. The number of carbonyl (C=O) groups is 2. The van der Waals surface area contributed by atoms with Crippen LogP contribution < -0.4 is 4.74 Å². The lowest BCUT2D eigenvalue weighted by molar-refractivity contribution is 0.0471. The second kappa shape index (κ2) is 7.53. The summed E-state index contributed by atoms with van der Waals surface area (Å²) in [5.41, 5.74) is 2.63. The Morgan fingerprint density at radius 1 is 1.17 bits per heavy atom. The van der Waals surface area contributed by atoms with Gasteiger partial charge in [0.15, 0.2) is 6.61 Å². The van der Waals surface area contributed by atoms with Gasteiger partial charge in [0.1, 0.15) is 11.3 Å². The lowest BCUT2D eigenvalue weighted by atomic mass is 10.1. The molecule has 1 heterocycles. The van der Waals surface area contributed by atoms with Gasteiger partial charge in [-0.15, -0.1) is 0 Å². The molecule has 1 aromatic carbocycles. The van der Waals surface area contributed by atoms with E-state index in [4.69, 9.17) is 21.1 Å². The van der Waals surface area contributed by atoms with Crippen LogP contribution in [0.2, 0.25) is 5.02 Å². The number of methoxy groups -OCH3 is 1. The summed E-state index contributed by atoms with van der Waals surface area (Å²) in [6.45, 7) is 6.29. The molecule has 0 radical (unpaired) electrons. The van der Waals surface area contributed by atoms with E-state index in [1.165, 1.54) is 13.2 Å². The number of benzene rings is 1. The van der Waals surface area contributed by atoms with Gasteiger partial charge in [-0.05, 0) is 45.0 Å². The maximum absolute atomic E-state index is 12.4. The molecule has 0 spiro atoms. The summed E-state index contributed by atoms with van der Waals surface area (Å²) >= 11 is 5.90. The molecule has 0 amide bonds. The van der Waals surface area contributed by atoms with Gasteiger partial charge in [0.05, 0.1) is 7.11 Å². The Kier molecular flexibility index (Phi) is 5.67. The monoisotopic (exact) mass is 349 g/mol. The van der Waals surface area contributed by atoms with E-state index in [0.29, 0.717) is 16.3 Å². The second-order valence-electron chi connectivity index (χ2n) is 5.37. The molecule has 1 aromatic heterocycles. The second-order valence-corrected chi connectivity index (χ2v) is 5.81. The number of esters is 1. The number of hydrogen-bond acceptors (Lipinski definition) is 4. The molecule has 0 unspecified atom stereocenters. The zero-order valence-corrected chi connectivity index (χ0v) is 14.9. The van der Waals surface area contributed by atoms with E-state index in [1.54, 1.807) is 12.1 Å². The van der Waals surface area contributed by atoms with Gasteiger partial charge in [-0.3, -0.25) is 4.79 Å². The van der Waals surface area contributed by atoms with Crippen LogP contribution in [0.1, 0.15) is 39.0 Å². The highest BCUT2D eigenvalue weighted by atomic mass is 35.5. The number of nitrogens with zero attached hydrogens (tertiary/aromatic N) is 1. The molecule has 2 aromatic rings. The van der Waals surface area contributed by atoms with E-state index in [1.807, 2.05) is 31.4 Å². The first-order valence-corrected chi connectivity index (χ1v) is 7.97. The van der Waals surface area contributed by atoms with Crippen molar-refractivity contribution in [3.63, 3.8) is 0 Å². The maximum atomic E-state index is 12.4. The molecule has 0 atom stereocenters. The Morgan fingerprint density at radius 3 is 2.46 bits per heavy atom. The highest BCUT2D eigenvalue weighted by Gasteiger charge is 2.19. The summed E-state index contributed by atoms with van der Waals surface area (Å²) in [5, 5.41) is 0.389. The van der Waals surface area contributed by atoms with Gasteiger partial charge in [-0.25, -0.2) is 4.79 Å². The van der Waals surface area contributed by atoms with Crippen LogP contribution in [0.3, 0.4) is 0 Å². The van der Waals surface area contributed by atoms with Crippen LogP contribution in [0, 0.1) is 13.8 Å². The van der Waals surface area contributed by atoms with Crippen molar-refractivity contribution in [2.45, 2.75) is 27.3 Å². The zero-order chi connectivity index (χ0) is 17.9. The first-order valence-electron chi connectivity index (χ1n) is 7.59. The summed E-state index contributed by atoms with van der Waals surface area (Å²) in [6, 6.07) is 6.46. The Balaban J connectivity index is 2.12. The van der Waals surface area contributed by atoms with Crippen LogP contribution in [0.5, 0.6) is 5.75 Å². The lowest BCUT2D eigenvalue weighted by Crippen LogP contribution is -2.15. The number of aryl methyl sites for hydroxylation is 1. The minimum Gasteiger partial charge on any atom is -0.496 e. The van der Waals surface area contributed by atoms with Gasteiger partial charge >= 0.3 is 5.97 Å². The highest BCUT2D eigenvalue weighted by molar-refractivity contribution is 6.31. The van der Waals surface area contributed by atoms with Crippen molar-refractivity contribution >= 4 is 23.4 Å². The number of carbonyl (C=O) groups excluding carboxylic acids is 2. The number of halogens is 1. The fraction of sp³-hybridized carbons (Fsp3) is 0.333. The van der Waals surface area contributed by atoms with Gasteiger partial charge in [0, 0.05) is 28.5 Å². The molecule has 0 aliphatic heterocycles. The number of aromatic nitrogens is 1. The molecule has 0 aliphatic carbocycles. The molecule has 0 aliphatic rings. The Hall–Kier alpha value is -2.27. The van der Waals surface area contributed by atoms with E-state index in [2.05, 4.69) is 0 Å². The molecular formula is C18H20ClNO4. The Morgan fingerprint density at radius 2 is 1.88 bits per heavy atom. The summed E-state index contributed by atoms with van der Waals surface area (Å²) in [6.07, 6.45) is 0. The van der Waals surface area contributed by atoms with Crippen molar-refractivity contribution in [3.05, 3.63) is 51.8 Å². The molecule has 0 fully saturated rings. The van der Waals surface area contributed by atoms with Crippen LogP contribution >= 0.6 is 11.6 Å². The molecular weight excluding hydrogens is 330 g/mol. The minimum absolute atomic E-state index is 0.192. The van der Waals surface area contributed by atoms with Gasteiger partial charge in [0.2, 0.25) is 5.78 Å². The van der Waals surface area contributed by atoms with Crippen LogP contribution in [0.15, 0.2) is 24.3 Å². The predicted molar refractivity (Wildman–Crippen MR) is 92.2 cm³/mol. The highest BCUT2D eigenvalue weighted by Crippen LogP contribution is 2.23. The third-order valence-corrected chi connectivity index (χ3v) is 4.14. The summed E-state index contributed by atoms with van der Waals surface area (Å²) in [5.74, 6) is -0.537. The van der Waals surface area contributed by atoms with E-state index in [9.17, 15) is 9.59 Å². The largest absolute Gasteiger partial charge is 0.496 e. The average Bonchev–Trinajstić information content (AvgIpc) is 2.86. The third-order valence-electron chi connectivity index (χ3n) is 3.91. The number of ketones is 1. The van der Waals surface area contributed by atoms with E-state index < -0.39 is 5.97 Å². The van der Waals surface area contributed by atoms with E-state index >= 15 is 0 Å². The summed E-state index contributed by atoms with van der Waals surface area (Å²) in [7, 11) is 1.45. The topological polar surface area (TPSA) is 57.5 Å². The number of rotatable bonds is 6. The quantitative estimate of drug-likeness (QED) is 0.587. The smallest absolute Gasteiger partial charge is 0.342 e. The summed E-state index contributed by atoms with van der Waals surface area (Å²) in [4.78, 5) is 24.6. The van der Waals surface area contributed by atoms with Crippen molar-refractivity contribution in [3.8, 4) is 5.75 Å². The molecule has 0 N–H and O–H groups in total. The first kappa shape index (κ1) is 18.1. The van der Waals surface area contributed by atoms with Crippen molar-refractivity contribution in [1.29, 1.82) is 0 Å². The van der Waals surface area contributed by atoms with Crippen LogP contribution in [0.25, 0.3) is 0 Å². The Labute approximate surface area is 146 Å². The molecule has 24 heavy (non-hydrogen) atoms. The van der Waals surface area contributed by atoms with Gasteiger partial charge in [0.25, 0.3) is 0 Å². The average molecular weight is 350 g/mol. The molecule has 6 heteroatoms. The van der Waals surface area contributed by atoms with Crippen molar-refractivity contribution < 1.29 is 19.1 Å². The first-order chi connectivity index (χ1) is 11.4. The van der Waals surface area contributed by atoms with Crippen molar-refractivity contribution in [1.82, 2.24) is 4.57 Å². The normalized spacial score (nSPS) is 10.5. The SMILES string of the molecule is CCn1c(C)cc(C(=O)COC(=O)c2cc(Cl)ccc2OC)c1C. The minimum atomic E-state index is -0.646.